The summed E-state index contributed by atoms with van der Waals surface area (Å²) in [4.78, 5) is 59.7. The molecule has 0 bridgehead atoms. The number of allylic oxidation sites excluding steroid dienone is 1. The third kappa shape index (κ3) is 8.20. The van der Waals surface area contributed by atoms with Crippen molar-refractivity contribution in [3.63, 3.8) is 0 Å². The number of halogens is 2. The lowest BCUT2D eigenvalue weighted by Crippen LogP contribution is -2.44. The minimum Gasteiger partial charge on any atom is -0.487 e. The Kier molecular flexibility index (Phi) is 10.4. The Bertz CT molecular complexity index is 2020. The van der Waals surface area contributed by atoms with Crippen molar-refractivity contribution in [3.05, 3.63) is 125 Å². The molecule has 3 N–H and O–H groups in total. The van der Waals surface area contributed by atoms with Crippen molar-refractivity contribution in [3.8, 4) is 5.75 Å². The second-order valence-corrected chi connectivity index (χ2v) is 11.0. The van der Waals surface area contributed by atoms with Gasteiger partial charge < -0.3 is 34.2 Å². The molecule has 3 aromatic heterocycles. The van der Waals surface area contributed by atoms with Crippen molar-refractivity contribution in [2.24, 2.45) is 0 Å². The minimum atomic E-state index is -1.09. The molecule has 0 radical (unpaired) electrons. The Morgan fingerprint density at radius 1 is 1.12 bits per heavy atom. The van der Waals surface area contributed by atoms with Crippen LogP contribution in [-0.2, 0) is 22.7 Å². The summed E-state index contributed by atoms with van der Waals surface area (Å²) in [7, 11) is 3.22. The number of rotatable bonds is 13. The van der Waals surface area contributed by atoms with E-state index in [0.717, 1.165) is 17.5 Å². The van der Waals surface area contributed by atoms with Gasteiger partial charge in [0.15, 0.2) is 0 Å². The van der Waals surface area contributed by atoms with Gasteiger partial charge in [-0.05, 0) is 55.3 Å². The van der Waals surface area contributed by atoms with Crippen LogP contribution >= 0.6 is 0 Å². The van der Waals surface area contributed by atoms with Crippen molar-refractivity contribution in [2.45, 2.75) is 32.0 Å². The summed E-state index contributed by atoms with van der Waals surface area (Å²) in [5.41, 5.74) is 0.953. The fraction of sp³-hybridized carbons (Fsp3) is 0.206. The van der Waals surface area contributed by atoms with Crippen LogP contribution in [0.4, 0.5) is 14.5 Å². The molecule has 0 aliphatic rings. The molecule has 3 amide bonds. The number of carbonyl (C=O) groups excluding carboxylic acids is 3. The molecular weight excluding hydrogens is 626 g/mol. The number of nitrogens with zero attached hydrogens (tertiary/aromatic N) is 3. The minimum absolute atomic E-state index is 0.0161. The van der Waals surface area contributed by atoms with E-state index in [1.54, 1.807) is 44.6 Å². The van der Waals surface area contributed by atoms with E-state index in [2.05, 4.69) is 20.6 Å². The maximum atomic E-state index is 14.1. The molecule has 1 atom stereocenters. The second-order valence-electron chi connectivity index (χ2n) is 11.0. The quantitative estimate of drug-likeness (QED) is 0.159. The van der Waals surface area contributed by atoms with Gasteiger partial charge in [-0.25, -0.2) is 13.8 Å². The highest BCUT2D eigenvalue weighted by Gasteiger charge is 2.24. The number of pyridine rings is 1. The summed E-state index contributed by atoms with van der Waals surface area (Å²) in [5, 5.41) is 5.96. The number of carbonyl (C=O) groups is 3. The molecule has 0 aliphatic carbocycles. The standard InChI is InChI=1S/C34H32F2N6O6/c1-41(2)29(43)11-4-3-8-26(39-32(45)33-37-14-16-47-33)31(44)40-27-9-6-15-42(34(27)46)19-24-17-21-7-5-10-28(30(21)38-24)48-20-22-12-13-23(35)18-25(22)36/h4-7,9-18,26,38H,3,8,19-20H2,1-2H3,(H,39,45)(H,40,44)/b11-4+. The van der Waals surface area contributed by atoms with E-state index < -0.39 is 35.0 Å². The number of likely N-dealkylation sites (N-methyl/N-ethyl adjacent to an activating group) is 1. The number of oxazole rings is 1. The first-order chi connectivity index (χ1) is 23.1. The molecule has 0 aliphatic heterocycles. The van der Waals surface area contributed by atoms with Crippen molar-refractivity contribution in [1.82, 2.24) is 24.8 Å². The molecular formula is C34H32F2N6O6. The number of para-hydroxylation sites is 1. The second kappa shape index (κ2) is 15.0. The van der Waals surface area contributed by atoms with Crippen LogP contribution in [0.15, 0.2) is 94.6 Å². The molecule has 0 spiro atoms. The van der Waals surface area contributed by atoms with Gasteiger partial charge in [0.25, 0.3) is 11.4 Å². The molecule has 48 heavy (non-hydrogen) atoms. The number of aromatic amines is 1. The van der Waals surface area contributed by atoms with E-state index in [-0.39, 0.29) is 49.0 Å². The summed E-state index contributed by atoms with van der Waals surface area (Å²) < 4.78 is 39.7. The fourth-order valence-electron chi connectivity index (χ4n) is 4.77. The van der Waals surface area contributed by atoms with Crippen molar-refractivity contribution >= 4 is 34.3 Å². The number of amides is 3. The summed E-state index contributed by atoms with van der Waals surface area (Å²) in [6.45, 7) is -0.0109. The third-order valence-corrected chi connectivity index (χ3v) is 7.26. The molecule has 5 rings (SSSR count). The Hall–Kier alpha value is -6.05. The first-order valence-corrected chi connectivity index (χ1v) is 14.8. The summed E-state index contributed by atoms with van der Waals surface area (Å²) in [6.07, 6.45) is 7.42. The van der Waals surface area contributed by atoms with E-state index in [9.17, 15) is 28.0 Å². The normalized spacial score (nSPS) is 11.8. The number of H-pyrrole nitrogens is 1. The van der Waals surface area contributed by atoms with Crippen LogP contribution in [-0.4, -0.2) is 57.3 Å². The smallest absolute Gasteiger partial charge is 0.307 e. The lowest BCUT2D eigenvalue weighted by Gasteiger charge is -2.17. The summed E-state index contributed by atoms with van der Waals surface area (Å²) in [5.74, 6) is -2.79. The predicted octanol–water partition coefficient (Wildman–Crippen LogP) is 4.38. The number of hydrogen-bond donors (Lipinski definition) is 3. The Morgan fingerprint density at radius 3 is 2.71 bits per heavy atom. The van der Waals surface area contributed by atoms with Gasteiger partial charge in [-0.15, -0.1) is 0 Å². The monoisotopic (exact) mass is 658 g/mol. The van der Waals surface area contributed by atoms with E-state index in [1.165, 1.54) is 40.1 Å². The molecule has 0 saturated carbocycles. The zero-order chi connectivity index (χ0) is 34.2. The van der Waals surface area contributed by atoms with Crippen LogP contribution in [0.3, 0.4) is 0 Å². The van der Waals surface area contributed by atoms with E-state index >= 15 is 0 Å². The maximum Gasteiger partial charge on any atom is 0.307 e. The molecule has 0 saturated heterocycles. The zero-order valence-corrected chi connectivity index (χ0v) is 26.0. The molecule has 1 unspecified atom stereocenters. The van der Waals surface area contributed by atoms with Crippen molar-refractivity contribution < 1.29 is 32.3 Å². The Morgan fingerprint density at radius 2 is 1.96 bits per heavy atom. The van der Waals surface area contributed by atoms with Crippen LogP contribution in [0.25, 0.3) is 10.9 Å². The molecule has 2 aromatic carbocycles. The van der Waals surface area contributed by atoms with E-state index in [4.69, 9.17) is 9.15 Å². The molecule has 0 fully saturated rings. The van der Waals surface area contributed by atoms with Gasteiger partial charge in [0.1, 0.15) is 42.0 Å². The van der Waals surface area contributed by atoms with Crippen LogP contribution in [0.2, 0.25) is 0 Å². The van der Waals surface area contributed by atoms with E-state index in [1.807, 2.05) is 12.1 Å². The molecule has 5 aromatic rings. The number of ether oxygens (including phenoxy) is 1. The SMILES string of the molecule is CN(C)C(=O)/C=C/CCC(NC(=O)c1ncco1)C(=O)Nc1cccn(Cc2cc3cccc(OCc4ccc(F)cc4F)c3[nH]2)c1=O. The van der Waals surface area contributed by atoms with Gasteiger partial charge in [-0.2, -0.15) is 0 Å². The first-order valence-electron chi connectivity index (χ1n) is 14.8. The number of anilines is 1. The molecule has 3 heterocycles. The molecule has 248 valence electrons. The van der Waals surface area contributed by atoms with Crippen LogP contribution in [0.5, 0.6) is 5.75 Å². The van der Waals surface area contributed by atoms with Gasteiger partial charge in [-0.1, -0.05) is 18.2 Å². The summed E-state index contributed by atoms with van der Waals surface area (Å²) >= 11 is 0. The van der Waals surface area contributed by atoms with Gasteiger partial charge >= 0.3 is 5.91 Å². The van der Waals surface area contributed by atoms with Crippen LogP contribution in [0, 0.1) is 11.6 Å². The maximum absolute atomic E-state index is 14.1. The van der Waals surface area contributed by atoms with Gasteiger partial charge in [0.05, 0.1) is 18.3 Å². The lowest BCUT2D eigenvalue weighted by molar-refractivity contribution is -0.123. The number of nitrogens with one attached hydrogen (secondary N) is 3. The zero-order valence-electron chi connectivity index (χ0n) is 26.0. The van der Waals surface area contributed by atoms with Crippen LogP contribution < -0.4 is 20.9 Å². The average Bonchev–Trinajstić information content (AvgIpc) is 3.74. The topological polar surface area (TPSA) is 152 Å². The van der Waals surface area contributed by atoms with Crippen molar-refractivity contribution in [2.75, 3.05) is 19.4 Å². The predicted molar refractivity (Wildman–Crippen MR) is 172 cm³/mol. The van der Waals surface area contributed by atoms with Gasteiger partial charge in [0.2, 0.25) is 11.8 Å². The highest BCUT2D eigenvalue weighted by molar-refractivity contribution is 5.99. The first kappa shape index (κ1) is 33.3. The van der Waals surface area contributed by atoms with E-state index in [0.29, 0.717) is 17.0 Å². The van der Waals surface area contributed by atoms with Crippen LogP contribution in [0.1, 0.15) is 34.8 Å². The van der Waals surface area contributed by atoms with Crippen molar-refractivity contribution in [1.29, 1.82) is 0 Å². The third-order valence-electron chi connectivity index (χ3n) is 7.26. The highest BCUT2D eigenvalue weighted by atomic mass is 19.1. The van der Waals surface area contributed by atoms with Gasteiger partial charge in [-0.3, -0.25) is 19.2 Å². The number of fused-ring (bicyclic) bond motifs is 1. The number of benzene rings is 2. The van der Waals surface area contributed by atoms with Gasteiger partial charge in [0, 0.05) is 43.0 Å². The average molecular weight is 659 g/mol. The number of aromatic nitrogens is 3. The molecule has 14 heteroatoms. The lowest BCUT2D eigenvalue weighted by atomic mass is 10.1. The summed E-state index contributed by atoms with van der Waals surface area (Å²) in [6, 6.07) is 12.4. The Balaban J connectivity index is 1.29. The Labute approximate surface area is 273 Å². The largest absolute Gasteiger partial charge is 0.487 e. The fourth-order valence-corrected chi connectivity index (χ4v) is 4.77. The number of hydrogen-bond acceptors (Lipinski definition) is 7. The highest BCUT2D eigenvalue weighted by Crippen LogP contribution is 2.27. The molecule has 12 nitrogen and oxygen atoms in total.